The molecule has 0 bridgehead atoms. The smallest absolute Gasteiger partial charge is 0.219 e. The maximum atomic E-state index is 12.7. The summed E-state index contributed by atoms with van der Waals surface area (Å²) in [5, 5.41) is 24.3. The van der Waals surface area contributed by atoms with E-state index in [0.717, 1.165) is 18.5 Å². The number of carbonyl (C=O) groups is 1. The van der Waals surface area contributed by atoms with Gasteiger partial charge in [-0.05, 0) is 40.9 Å². The maximum absolute atomic E-state index is 12.7. The van der Waals surface area contributed by atoms with Gasteiger partial charge in [-0.3, -0.25) is 4.79 Å². The second kappa shape index (κ2) is 6.25. The highest BCUT2D eigenvalue weighted by atomic mass is 16.6. The zero-order chi connectivity index (χ0) is 18.3. The van der Waals surface area contributed by atoms with Crippen molar-refractivity contribution >= 4 is 17.4 Å². The number of Topliss-reactive ketones (excluding diaryl/α,β-unsaturated/α-hetero) is 1. The Labute approximate surface area is 148 Å². The number of nitrogens with zero attached hydrogens (tertiary/aromatic N) is 2. The molecule has 2 aromatic rings. The SMILES string of the molecule is COc1cc([C@@H]2Nc3nonc3NC3=C2C(=O)CCC3)cc(OC)c1O. The Bertz CT molecular complexity index is 879. The number of methoxy groups -OCH3 is 2. The minimum absolute atomic E-state index is 0.0457. The Hall–Kier alpha value is -3.23. The van der Waals surface area contributed by atoms with Gasteiger partial charge in [-0.15, -0.1) is 0 Å². The van der Waals surface area contributed by atoms with Crippen molar-refractivity contribution in [2.75, 3.05) is 24.9 Å². The number of aromatic hydroxyl groups is 1. The summed E-state index contributed by atoms with van der Waals surface area (Å²) >= 11 is 0. The van der Waals surface area contributed by atoms with E-state index < -0.39 is 6.04 Å². The van der Waals surface area contributed by atoms with Crippen LogP contribution in [0, 0.1) is 0 Å². The molecule has 26 heavy (non-hydrogen) atoms. The number of rotatable bonds is 3. The molecule has 1 aliphatic carbocycles. The Morgan fingerprint density at radius 3 is 2.54 bits per heavy atom. The van der Waals surface area contributed by atoms with E-state index >= 15 is 0 Å². The predicted octanol–water partition coefficient (Wildman–Crippen LogP) is 2.38. The molecular weight excluding hydrogens is 340 g/mol. The maximum Gasteiger partial charge on any atom is 0.219 e. The molecule has 9 heteroatoms. The molecule has 4 rings (SSSR count). The third-order valence-electron chi connectivity index (χ3n) is 4.62. The molecule has 0 spiro atoms. The number of ether oxygens (including phenoxy) is 2. The molecule has 0 radical (unpaired) electrons. The third kappa shape index (κ3) is 2.52. The van der Waals surface area contributed by atoms with E-state index in [1.165, 1.54) is 14.2 Å². The zero-order valence-electron chi connectivity index (χ0n) is 14.3. The third-order valence-corrected chi connectivity index (χ3v) is 4.62. The van der Waals surface area contributed by atoms with Gasteiger partial charge in [0, 0.05) is 17.7 Å². The number of allylic oxidation sites excluding steroid dienone is 1. The van der Waals surface area contributed by atoms with Crippen LogP contribution in [0.1, 0.15) is 30.9 Å². The van der Waals surface area contributed by atoms with Gasteiger partial charge in [-0.1, -0.05) is 0 Å². The molecule has 9 nitrogen and oxygen atoms in total. The molecule has 3 N–H and O–H groups in total. The molecule has 0 unspecified atom stereocenters. The highest BCUT2D eigenvalue weighted by molar-refractivity contribution is 6.00. The van der Waals surface area contributed by atoms with Crippen molar-refractivity contribution in [3.63, 3.8) is 0 Å². The Kier molecular flexibility index (Phi) is 3.90. The number of phenols is 1. The van der Waals surface area contributed by atoms with E-state index in [1.807, 2.05) is 0 Å². The van der Waals surface area contributed by atoms with Crippen molar-refractivity contribution in [1.29, 1.82) is 0 Å². The van der Waals surface area contributed by atoms with Gasteiger partial charge in [-0.2, -0.15) is 0 Å². The van der Waals surface area contributed by atoms with Crippen molar-refractivity contribution < 1.29 is 24.0 Å². The van der Waals surface area contributed by atoms with Crippen LogP contribution in [-0.4, -0.2) is 35.4 Å². The zero-order valence-corrected chi connectivity index (χ0v) is 14.3. The molecular formula is C17H18N4O5. The second-order valence-electron chi connectivity index (χ2n) is 6.11. The lowest BCUT2D eigenvalue weighted by Crippen LogP contribution is -2.23. The first-order valence-electron chi connectivity index (χ1n) is 8.19. The minimum Gasteiger partial charge on any atom is -0.502 e. The fourth-order valence-electron chi connectivity index (χ4n) is 3.38. The number of aromatic nitrogens is 2. The van der Waals surface area contributed by atoms with Gasteiger partial charge in [0.15, 0.2) is 17.3 Å². The lowest BCUT2D eigenvalue weighted by atomic mass is 9.86. The van der Waals surface area contributed by atoms with Gasteiger partial charge in [0.1, 0.15) is 0 Å². The normalized spacial score (nSPS) is 19.0. The van der Waals surface area contributed by atoms with E-state index in [4.69, 9.17) is 14.1 Å². The molecule has 0 amide bonds. The van der Waals surface area contributed by atoms with Gasteiger partial charge < -0.3 is 25.2 Å². The van der Waals surface area contributed by atoms with Gasteiger partial charge in [0.25, 0.3) is 0 Å². The van der Waals surface area contributed by atoms with Crippen molar-refractivity contribution in [2.24, 2.45) is 0 Å². The summed E-state index contributed by atoms with van der Waals surface area (Å²) in [5.74, 6) is 1.29. The summed E-state index contributed by atoms with van der Waals surface area (Å²) in [6.45, 7) is 0. The summed E-state index contributed by atoms with van der Waals surface area (Å²) in [7, 11) is 2.91. The summed E-state index contributed by atoms with van der Waals surface area (Å²) < 4.78 is 15.3. The minimum atomic E-state index is -0.512. The van der Waals surface area contributed by atoms with Crippen LogP contribution >= 0.6 is 0 Å². The van der Waals surface area contributed by atoms with Crippen LogP contribution in [0.3, 0.4) is 0 Å². The Balaban J connectivity index is 1.89. The standard InChI is InChI=1S/C17H18N4O5/c1-24-11-6-8(7-12(25-2)15(11)23)14-13-9(4-3-5-10(13)22)18-16-17(19-14)21-26-20-16/h6-7,14,23H,3-5H2,1-2H3,(H,18,20)(H,19,21)/t14-/m0/s1. The van der Waals surface area contributed by atoms with Crippen LogP contribution in [0.5, 0.6) is 17.2 Å². The molecule has 1 atom stereocenters. The average Bonchev–Trinajstić information content (AvgIpc) is 3.01. The van der Waals surface area contributed by atoms with Crippen LogP contribution in [0.2, 0.25) is 0 Å². The van der Waals surface area contributed by atoms with Crippen LogP contribution < -0.4 is 20.1 Å². The molecule has 2 heterocycles. The molecule has 136 valence electrons. The summed E-state index contributed by atoms with van der Waals surface area (Å²) in [6.07, 6.45) is 1.96. The number of hydrogen-bond acceptors (Lipinski definition) is 9. The Morgan fingerprint density at radius 1 is 1.15 bits per heavy atom. The molecule has 1 aromatic heterocycles. The second-order valence-corrected chi connectivity index (χ2v) is 6.11. The van der Waals surface area contributed by atoms with E-state index in [1.54, 1.807) is 12.1 Å². The highest BCUT2D eigenvalue weighted by Crippen LogP contribution is 2.44. The number of fused-ring (bicyclic) bond motifs is 1. The Morgan fingerprint density at radius 2 is 1.85 bits per heavy atom. The van der Waals surface area contributed by atoms with Crippen LogP contribution in [0.4, 0.5) is 11.6 Å². The first-order chi connectivity index (χ1) is 12.6. The average molecular weight is 358 g/mol. The van der Waals surface area contributed by atoms with E-state index in [2.05, 4.69) is 20.9 Å². The molecule has 2 aliphatic rings. The molecule has 1 aromatic carbocycles. The lowest BCUT2D eigenvalue weighted by molar-refractivity contribution is -0.116. The van der Waals surface area contributed by atoms with Gasteiger partial charge in [0.2, 0.25) is 17.4 Å². The number of benzene rings is 1. The summed E-state index contributed by atoms with van der Waals surface area (Å²) in [6, 6.07) is 2.82. The quantitative estimate of drug-likeness (QED) is 0.759. The van der Waals surface area contributed by atoms with Crippen LogP contribution in [0.25, 0.3) is 0 Å². The van der Waals surface area contributed by atoms with Gasteiger partial charge >= 0.3 is 0 Å². The van der Waals surface area contributed by atoms with Crippen molar-refractivity contribution in [3.8, 4) is 17.2 Å². The predicted molar refractivity (Wildman–Crippen MR) is 91.4 cm³/mol. The highest BCUT2D eigenvalue weighted by Gasteiger charge is 2.34. The summed E-state index contributed by atoms with van der Waals surface area (Å²) in [5.41, 5.74) is 2.10. The van der Waals surface area contributed by atoms with Gasteiger partial charge in [-0.25, -0.2) is 4.63 Å². The van der Waals surface area contributed by atoms with Crippen molar-refractivity contribution in [1.82, 2.24) is 10.3 Å². The summed E-state index contributed by atoms with van der Waals surface area (Å²) in [4.78, 5) is 12.7. The number of hydrogen-bond donors (Lipinski definition) is 3. The lowest BCUT2D eigenvalue weighted by Gasteiger charge is -2.25. The van der Waals surface area contributed by atoms with Gasteiger partial charge in [0.05, 0.1) is 20.3 Å². The van der Waals surface area contributed by atoms with E-state index in [9.17, 15) is 9.90 Å². The van der Waals surface area contributed by atoms with E-state index in [-0.39, 0.29) is 23.0 Å². The topological polar surface area (TPSA) is 119 Å². The number of phenolic OH excluding ortho intramolecular Hbond substituents is 1. The fourth-order valence-corrected chi connectivity index (χ4v) is 3.38. The number of carbonyl (C=O) groups excluding carboxylic acids is 1. The van der Waals surface area contributed by atoms with Crippen LogP contribution in [-0.2, 0) is 4.79 Å². The van der Waals surface area contributed by atoms with Crippen molar-refractivity contribution in [3.05, 3.63) is 29.0 Å². The first-order valence-corrected chi connectivity index (χ1v) is 8.19. The van der Waals surface area contributed by atoms with Crippen molar-refractivity contribution in [2.45, 2.75) is 25.3 Å². The molecule has 1 aliphatic heterocycles. The number of anilines is 2. The molecule has 0 fully saturated rings. The van der Waals surface area contributed by atoms with E-state index in [0.29, 0.717) is 29.2 Å². The number of ketones is 1. The fraction of sp³-hybridized carbons (Fsp3) is 0.353. The van der Waals surface area contributed by atoms with Crippen LogP contribution in [0.15, 0.2) is 28.0 Å². The number of nitrogens with one attached hydrogen (secondary N) is 2. The molecule has 0 saturated heterocycles. The monoisotopic (exact) mass is 358 g/mol. The first kappa shape index (κ1) is 16.2. The molecule has 0 saturated carbocycles. The largest absolute Gasteiger partial charge is 0.502 e.